The van der Waals surface area contributed by atoms with E-state index in [4.69, 9.17) is 4.74 Å². The summed E-state index contributed by atoms with van der Waals surface area (Å²) in [6.07, 6.45) is 2.78. The molecule has 0 amide bonds. The molecule has 2 nitrogen and oxygen atoms in total. The predicted molar refractivity (Wildman–Crippen MR) is 103 cm³/mol. The summed E-state index contributed by atoms with van der Waals surface area (Å²) in [5, 5.41) is 0. The van der Waals surface area contributed by atoms with Gasteiger partial charge >= 0.3 is 0 Å². The first-order valence-electron chi connectivity index (χ1n) is 8.36. The Morgan fingerprint density at radius 1 is 0.880 bits per heavy atom. The molecular formula is C23H20O2. The summed E-state index contributed by atoms with van der Waals surface area (Å²) in [5.41, 5.74) is 4.65. The van der Waals surface area contributed by atoms with Crippen LogP contribution < -0.4 is 4.74 Å². The van der Waals surface area contributed by atoms with Gasteiger partial charge in [0.1, 0.15) is 5.75 Å². The Labute approximate surface area is 148 Å². The Hall–Kier alpha value is -3.13. The molecule has 0 bridgehead atoms. The molecular weight excluding hydrogens is 308 g/mol. The maximum absolute atomic E-state index is 11.6. The highest BCUT2D eigenvalue weighted by Crippen LogP contribution is 2.29. The van der Waals surface area contributed by atoms with E-state index in [9.17, 15) is 4.79 Å². The maximum Gasteiger partial charge on any atom is 0.150 e. The molecule has 3 aromatic rings. The van der Waals surface area contributed by atoms with E-state index in [1.165, 1.54) is 0 Å². The summed E-state index contributed by atoms with van der Waals surface area (Å²) < 4.78 is 5.75. The molecule has 0 N–H and O–H groups in total. The number of rotatable bonds is 6. The molecule has 0 saturated heterocycles. The molecule has 0 aromatic heterocycles. The highest BCUT2D eigenvalue weighted by Gasteiger charge is 2.07. The number of ether oxygens (including phenoxy) is 1. The lowest BCUT2D eigenvalue weighted by atomic mass is 9.99. The number of benzene rings is 3. The Morgan fingerprint density at radius 3 is 2.20 bits per heavy atom. The molecule has 0 atom stereocenters. The van der Waals surface area contributed by atoms with Gasteiger partial charge < -0.3 is 4.74 Å². The first kappa shape index (κ1) is 16.7. The zero-order valence-electron chi connectivity index (χ0n) is 14.2. The van der Waals surface area contributed by atoms with Gasteiger partial charge in [0.2, 0.25) is 0 Å². The van der Waals surface area contributed by atoms with Crippen molar-refractivity contribution in [3.05, 3.63) is 90.0 Å². The zero-order chi connectivity index (χ0) is 17.5. The van der Waals surface area contributed by atoms with E-state index < -0.39 is 0 Å². The van der Waals surface area contributed by atoms with Crippen molar-refractivity contribution in [2.24, 2.45) is 0 Å². The largest absolute Gasteiger partial charge is 0.493 e. The van der Waals surface area contributed by atoms with Gasteiger partial charge in [-0.15, -0.1) is 0 Å². The second kappa shape index (κ2) is 8.11. The van der Waals surface area contributed by atoms with Crippen molar-refractivity contribution in [3.63, 3.8) is 0 Å². The van der Waals surface area contributed by atoms with Gasteiger partial charge in [-0.2, -0.15) is 0 Å². The van der Waals surface area contributed by atoms with Crippen LogP contribution >= 0.6 is 0 Å². The maximum atomic E-state index is 11.6. The van der Waals surface area contributed by atoms with Crippen LogP contribution in [0, 0.1) is 0 Å². The van der Waals surface area contributed by atoms with E-state index in [1.807, 2.05) is 73.7 Å². The average Bonchev–Trinajstić information content (AvgIpc) is 2.68. The van der Waals surface area contributed by atoms with Gasteiger partial charge in [-0.05, 0) is 41.8 Å². The van der Waals surface area contributed by atoms with Gasteiger partial charge in [0.05, 0.1) is 6.61 Å². The fourth-order valence-electron chi connectivity index (χ4n) is 2.74. The van der Waals surface area contributed by atoms with Crippen molar-refractivity contribution < 1.29 is 9.53 Å². The number of carbonyl (C=O) groups excluding carboxylic acids is 1. The molecule has 0 saturated carbocycles. The molecule has 3 rings (SSSR count). The average molecular weight is 328 g/mol. The van der Waals surface area contributed by atoms with Crippen molar-refractivity contribution in [2.75, 3.05) is 6.61 Å². The fourth-order valence-corrected chi connectivity index (χ4v) is 2.74. The summed E-state index contributed by atoms with van der Waals surface area (Å²) in [7, 11) is 0. The highest BCUT2D eigenvalue weighted by molar-refractivity contribution is 6.13. The predicted octanol–water partition coefficient (Wildman–Crippen LogP) is 5.49. The van der Waals surface area contributed by atoms with Gasteiger partial charge in [0, 0.05) is 11.1 Å². The number of aldehydes is 1. The zero-order valence-corrected chi connectivity index (χ0v) is 14.2. The summed E-state index contributed by atoms with van der Waals surface area (Å²) in [6, 6.07) is 25.9. The minimum absolute atomic E-state index is 0.577. The van der Waals surface area contributed by atoms with Crippen LogP contribution in [-0.2, 0) is 4.79 Å². The summed E-state index contributed by atoms with van der Waals surface area (Å²) in [6.45, 7) is 2.53. The van der Waals surface area contributed by atoms with E-state index in [-0.39, 0.29) is 0 Å². The molecule has 0 heterocycles. The Bertz CT molecular complexity index is 865. The van der Waals surface area contributed by atoms with Gasteiger partial charge in [-0.25, -0.2) is 0 Å². The molecule has 0 aliphatic carbocycles. The molecule has 124 valence electrons. The summed E-state index contributed by atoms with van der Waals surface area (Å²) >= 11 is 0. The van der Waals surface area contributed by atoms with Crippen LogP contribution in [0.1, 0.15) is 18.1 Å². The van der Waals surface area contributed by atoms with Crippen molar-refractivity contribution in [1.29, 1.82) is 0 Å². The lowest BCUT2D eigenvalue weighted by Gasteiger charge is -2.11. The number of allylic oxidation sites excluding steroid dienone is 1. The molecule has 0 unspecified atom stereocenters. The van der Waals surface area contributed by atoms with E-state index >= 15 is 0 Å². The normalized spacial score (nSPS) is 11.2. The monoisotopic (exact) mass is 328 g/mol. The van der Waals surface area contributed by atoms with Gasteiger partial charge in [0.25, 0.3) is 0 Å². The van der Waals surface area contributed by atoms with Gasteiger partial charge in [-0.1, -0.05) is 66.7 Å². The van der Waals surface area contributed by atoms with Crippen LogP contribution in [0.4, 0.5) is 0 Å². The van der Waals surface area contributed by atoms with E-state index in [0.717, 1.165) is 34.3 Å². The molecule has 0 fully saturated rings. The van der Waals surface area contributed by atoms with E-state index in [1.54, 1.807) is 0 Å². The molecule has 3 aromatic carbocycles. The minimum atomic E-state index is 0.577. The molecule has 2 heteroatoms. The summed E-state index contributed by atoms with van der Waals surface area (Å²) in [5.74, 6) is 0.775. The van der Waals surface area contributed by atoms with Crippen LogP contribution in [0.5, 0.6) is 5.75 Å². The lowest BCUT2D eigenvalue weighted by molar-refractivity contribution is -0.103. The standard InChI is InChI=1S/C23H20O2/c1-2-25-23-14-13-20(18-9-5-3-6-10-18)15-21(23)16-22(17-24)19-11-7-4-8-12-19/h3-17H,2H2,1H3. The summed E-state index contributed by atoms with van der Waals surface area (Å²) in [4.78, 5) is 11.6. The first-order valence-corrected chi connectivity index (χ1v) is 8.36. The minimum Gasteiger partial charge on any atom is -0.493 e. The Balaban J connectivity index is 2.08. The third-order valence-corrected chi connectivity index (χ3v) is 3.96. The van der Waals surface area contributed by atoms with Crippen LogP contribution in [0.3, 0.4) is 0 Å². The first-order chi connectivity index (χ1) is 12.3. The van der Waals surface area contributed by atoms with Crippen LogP contribution in [0.15, 0.2) is 78.9 Å². The second-order valence-electron chi connectivity index (χ2n) is 5.64. The van der Waals surface area contributed by atoms with Gasteiger partial charge in [0.15, 0.2) is 6.29 Å². The van der Waals surface area contributed by atoms with Crippen LogP contribution in [-0.4, -0.2) is 12.9 Å². The van der Waals surface area contributed by atoms with Crippen molar-refractivity contribution in [2.45, 2.75) is 6.92 Å². The Kier molecular flexibility index (Phi) is 5.43. The van der Waals surface area contributed by atoms with E-state index in [2.05, 4.69) is 18.2 Å². The molecule has 0 radical (unpaired) electrons. The fraction of sp³-hybridized carbons (Fsp3) is 0.0870. The smallest absolute Gasteiger partial charge is 0.150 e. The topological polar surface area (TPSA) is 26.3 Å². The quantitative estimate of drug-likeness (QED) is 0.340. The molecule has 25 heavy (non-hydrogen) atoms. The number of hydrogen-bond acceptors (Lipinski definition) is 2. The van der Waals surface area contributed by atoms with Crippen molar-refractivity contribution in [1.82, 2.24) is 0 Å². The Morgan fingerprint density at radius 2 is 1.56 bits per heavy atom. The van der Waals surface area contributed by atoms with E-state index in [0.29, 0.717) is 12.2 Å². The lowest BCUT2D eigenvalue weighted by Crippen LogP contribution is -1.95. The van der Waals surface area contributed by atoms with Crippen molar-refractivity contribution >= 4 is 17.9 Å². The van der Waals surface area contributed by atoms with Crippen LogP contribution in [0.25, 0.3) is 22.8 Å². The van der Waals surface area contributed by atoms with Crippen molar-refractivity contribution in [3.8, 4) is 16.9 Å². The third kappa shape index (κ3) is 4.04. The third-order valence-electron chi connectivity index (χ3n) is 3.96. The SMILES string of the molecule is CCOc1ccc(-c2ccccc2)cc1C=C(C=O)c1ccccc1. The highest BCUT2D eigenvalue weighted by atomic mass is 16.5. The second-order valence-corrected chi connectivity index (χ2v) is 5.64. The number of hydrogen-bond donors (Lipinski definition) is 0. The molecule has 0 spiro atoms. The number of carbonyl (C=O) groups is 1. The molecule has 0 aliphatic rings. The van der Waals surface area contributed by atoms with Gasteiger partial charge in [-0.3, -0.25) is 4.79 Å². The van der Waals surface area contributed by atoms with Crippen LogP contribution in [0.2, 0.25) is 0 Å². The molecule has 0 aliphatic heterocycles.